The van der Waals surface area contributed by atoms with Crippen LogP contribution in [0, 0.1) is 0 Å². The highest BCUT2D eigenvalue weighted by Crippen LogP contribution is 2.37. The summed E-state index contributed by atoms with van der Waals surface area (Å²) in [5, 5.41) is 1.83. The topological polar surface area (TPSA) is 44.1 Å². The summed E-state index contributed by atoms with van der Waals surface area (Å²) < 4.78 is 7.52. The van der Waals surface area contributed by atoms with Gasteiger partial charge in [0.2, 0.25) is 0 Å². The Bertz CT molecular complexity index is 806. The molecule has 0 aliphatic heterocycles. The van der Waals surface area contributed by atoms with Crippen LogP contribution in [0.4, 0.5) is 0 Å². The van der Waals surface area contributed by atoms with Crippen molar-refractivity contribution in [3.05, 3.63) is 20.8 Å². The van der Waals surface area contributed by atoms with Crippen LogP contribution in [0.3, 0.4) is 0 Å². The summed E-state index contributed by atoms with van der Waals surface area (Å²) >= 11 is 3.43. The molecule has 4 rings (SSSR count). The second-order valence-corrected chi connectivity index (χ2v) is 9.09. The molecule has 0 unspecified atom stereocenters. The fourth-order valence-electron chi connectivity index (χ4n) is 4.14. The number of hydrogen-bond acceptors (Lipinski definition) is 5. The molecule has 0 saturated heterocycles. The third-order valence-corrected chi connectivity index (χ3v) is 7.44. The Morgan fingerprint density at radius 2 is 2.08 bits per heavy atom. The molecule has 0 spiro atoms. The fraction of sp³-hybridized carbons (Fsp3) is 0.684. The van der Waals surface area contributed by atoms with E-state index in [2.05, 4.69) is 0 Å². The van der Waals surface area contributed by atoms with Gasteiger partial charge in [0, 0.05) is 23.3 Å². The maximum Gasteiger partial charge on any atom is 0.263 e. The van der Waals surface area contributed by atoms with Crippen molar-refractivity contribution in [2.75, 3.05) is 19.0 Å². The zero-order valence-electron chi connectivity index (χ0n) is 14.9. The summed E-state index contributed by atoms with van der Waals surface area (Å²) in [6.07, 6.45) is 9.31. The Morgan fingerprint density at radius 1 is 1.24 bits per heavy atom. The first-order chi connectivity index (χ1) is 12.3. The van der Waals surface area contributed by atoms with Crippen molar-refractivity contribution in [2.45, 2.75) is 69.5 Å². The lowest BCUT2D eigenvalue weighted by molar-refractivity contribution is 0.164. The number of fused-ring (bicyclic) bond motifs is 3. The summed E-state index contributed by atoms with van der Waals surface area (Å²) in [6, 6.07) is 0.324. The van der Waals surface area contributed by atoms with E-state index in [0.29, 0.717) is 12.6 Å². The monoisotopic (exact) mass is 378 g/mol. The predicted octanol–water partition coefficient (Wildman–Crippen LogP) is 4.58. The van der Waals surface area contributed by atoms with E-state index in [-0.39, 0.29) is 5.56 Å². The van der Waals surface area contributed by atoms with E-state index in [4.69, 9.17) is 9.72 Å². The molecule has 25 heavy (non-hydrogen) atoms. The fourth-order valence-corrected chi connectivity index (χ4v) is 6.36. The molecule has 2 aromatic rings. The minimum Gasteiger partial charge on any atom is -0.381 e. The highest BCUT2D eigenvalue weighted by atomic mass is 32.2. The van der Waals surface area contributed by atoms with E-state index in [1.807, 2.05) is 11.5 Å². The molecule has 0 bridgehead atoms. The Morgan fingerprint density at radius 3 is 2.88 bits per heavy atom. The van der Waals surface area contributed by atoms with Gasteiger partial charge in [-0.25, -0.2) is 4.98 Å². The van der Waals surface area contributed by atoms with Gasteiger partial charge in [-0.2, -0.15) is 0 Å². The maximum absolute atomic E-state index is 13.4. The molecular formula is C19H26N2O2S2. The average Bonchev–Trinajstić information content (AvgIpc) is 3.20. The molecule has 2 aliphatic rings. The van der Waals surface area contributed by atoms with Gasteiger partial charge in [-0.1, -0.05) is 31.0 Å². The zero-order chi connectivity index (χ0) is 17.2. The second kappa shape index (κ2) is 7.80. The number of hydrogen-bond donors (Lipinski definition) is 0. The number of aryl methyl sites for hydroxylation is 2. The summed E-state index contributed by atoms with van der Waals surface area (Å²) in [4.78, 5) is 20.8. The smallest absolute Gasteiger partial charge is 0.263 e. The summed E-state index contributed by atoms with van der Waals surface area (Å²) in [7, 11) is 0. The first-order valence-electron chi connectivity index (χ1n) is 9.57. The van der Waals surface area contributed by atoms with Crippen LogP contribution >= 0.6 is 23.1 Å². The minimum absolute atomic E-state index is 0.218. The number of thiophene rings is 1. The van der Waals surface area contributed by atoms with Gasteiger partial charge in [0.1, 0.15) is 4.83 Å². The minimum atomic E-state index is 0.218. The molecule has 2 aliphatic carbocycles. The molecule has 1 fully saturated rings. The molecule has 2 heterocycles. The molecule has 0 N–H and O–H groups in total. The van der Waals surface area contributed by atoms with Crippen LogP contribution in [-0.2, 0) is 17.6 Å². The van der Waals surface area contributed by atoms with Gasteiger partial charge in [0.25, 0.3) is 5.56 Å². The Hall–Kier alpha value is -0.850. The summed E-state index contributed by atoms with van der Waals surface area (Å²) in [6.45, 7) is 3.46. The van der Waals surface area contributed by atoms with Gasteiger partial charge in [-0.05, 0) is 44.6 Å². The van der Waals surface area contributed by atoms with Crippen LogP contribution < -0.4 is 5.56 Å². The normalized spacial score (nSPS) is 18.1. The lowest BCUT2D eigenvalue weighted by atomic mass is 9.95. The van der Waals surface area contributed by atoms with E-state index in [0.717, 1.165) is 53.4 Å². The quantitative estimate of drug-likeness (QED) is 0.419. The van der Waals surface area contributed by atoms with E-state index in [1.54, 1.807) is 23.1 Å². The van der Waals surface area contributed by atoms with Crippen molar-refractivity contribution >= 4 is 33.3 Å². The predicted molar refractivity (Wildman–Crippen MR) is 105 cm³/mol. The lowest BCUT2D eigenvalue weighted by Crippen LogP contribution is -2.29. The number of aromatic nitrogens is 2. The van der Waals surface area contributed by atoms with Gasteiger partial charge in [-0.3, -0.25) is 9.36 Å². The molecule has 4 nitrogen and oxygen atoms in total. The molecule has 0 atom stereocenters. The Labute approximate surface area is 157 Å². The first kappa shape index (κ1) is 17.6. The highest BCUT2D eigenvalue weighted by molar-refractivity contribution is 7.99. The average molecular weight is 379 g/mol. The number of rotatable bonds is 6. The van der Waals surface area contributed by atoms with Crippen LogP contribution in [-0.4, -0.2) is 28.5 Å². The zero-order valence-corrected chi connectivity index (χ0v) is 16.5. The van der Waals surface area contributed by atoms with Gasteiger partial charge < -0.3 is 4.74 Å². The number of thioether (sulfide) groups is 1. The molecule has 0 radical (unpaired) electrons. The van der Waals surface area contributed by atoms with Crippen molar-refractivity contribution in [3.63, 3.8) is 0 Å². The molecule has 2 aromatic heterocycles. The van der Waals surface area contributed by atoms with Gasteiger partial charge in [0.15, 0.2) is 5.16 Å². The van der Waals surface area contributed by atoms with E-state index in [1.165, 1.54) is 36.1 Å². The van der Waals surface area contributed by atoms with E-state index < -0.39 is 0 Å². The number of nitrogens with zero attached hydrogens (tertiary/aromatic N) is 2. The molecule has 6 heteroatoms. The Kier molecular flexibility index (Phi) is 5.48. The second-order valence-electron chi connectivity index (χ2n) is 6.94. The van der Waals surface area contributed by atoms with Gasteiger partial charge in [-0.15, -0.1) is 11.3 Å². The third kappa shape index (κ3) is 3.40. The highest BCUT2D eigenvalue weighted by Gasteiger charge is 2.26. The van der Waals surface area contributed by atoms with Crippen molar-refractivity contribution in [1.82, 2.24) is 9.55 Å². The Balaban J connectivity index is 1.76. The molecule has 0 amide bonds. The van der Waals surface area contributed by atoms with Crippen molar-refractivity contribution in [1.29, 1.82) is 0 Å². The van der Waals surface area contributed by atoms with Gasteiger partial charge in [0.05, 0.1) is 12.0 Å². The van der Waals surface area contributed by atoms with Crippen LogP contribution in [0.25, 0.3) is 10.2 Å². The van der Waals surface area contributed by atoms with Crippen molar-refractivity contribution in [3.8, 4) is 0 Å². The lowest BCUT2D eigenvalue weighted by Gasteiger charge is -2.26. The summed E-state index contributed by atoms with van der Waals surface area (Å²) in [5.74, 6) is 0.851. The van der Waals surface area contributed by atoms with Crippen molar-refractivity contribution < 1.29 is 4.74 Å². The SMILES string of the molecule is CCOCCSc1nc2sc3c(c2c(=O)n1C1CCCCC1)CCC3. The molecule has 1 saturated carbocycles. The molecule has 0 aromatic carbocycles. The van der Waals surface area contributed by atoms with Crippen LogP contribution in [0.15, 0.2) is 9.95 Å². The van der Waals surface area contributed by atoms with E-state index in [9.17, 15) is 4.79 Å². The van der Waals surface area contributed by atoms with Crippen molar-refractivity contribution in [2.24, 2.45) is 0 Å². The molecular weight excluding hydrogens is 352 g/mol. The van der Waals surface area contributed by atoms with Crippen LogP contribution in [0.2, 0.25) is 0 Å². The first-order valence-corrected chi connectivity index (χ1v) is 11.4. The third-order valence-electron chi connectivity index (χ3n) is 5.34. The van der Waals surface area contributed by atoms with Crippen LogP contribution in [0.5, 0.6) is 0 Å². The largest absolute Gasteiger partial charge is 0.381 e. The molecule has 136 valence electrons. The van der Waals surface area contributed by atoms with E-state index >= 15 is 0 Å². The van der Waals surface area contributed by atoms with Crippen LogP contribution in [0.1, 0.15) is 61.9 Å². The number of ether oxygens (including phenoxy) is 1. The van der Waals surface area contributed by atoms with Gasteiger partial charge >= 0.3 is 0 Å². The maximum atomic E-state index is 13.4. The standard InChI is InChI=1S/C19H26N2O2S2/c1-2-23-11-12-24-19-20-17-16(14-9-6-10-15(14)25-17)18(22)21(19)13-7-4-3-5-8-13/h13H,2-12H2,1H3. The summed E-state index contributed by atoms with van der Waals surface area (Å²) in [5.41, 5.74) is 1.52.